The third kappa shape index (κ3) is 3.92. The lowest BCUT2D eigenvalue weighted by Crippen LogP contribution is -2.26. The second-order valence-electron chi connectivity index (χ2n) is 7.58. The topological polar surface area (TPSA) is 46.9 Å². The van der Waals surface area contributed by atoms with Crippen LogP contribution in [0.5, 0.6) is 0 Å². The highest BCUT2D eigenvalue weighted by Gasteiger charge is 2.14. The number of thioether (sulfide) groups is 1. The minimum Gasteiger partial charge on any atom is -0.351 e. The maximum absolute atomic E-state index is 12.7. The molecule has 5 rings (SSSR count). The molecule has 0 unspecified atom stereocenters. The number of carbonyl (C=O) groups excluding carboxylic acids is 1. The Morgan fingerprint density at radius 2 is 1.91 bits per heavy atom. The van der Waals surface area contributed by atoms with E-state index in [4.69, 9.17) is 0 Å². The van der Waals surface area contributed by atoms with Crippen LogP contribution < -0.4 is 5.32 Å². The maximum atomic E-state index is 12.7. The van der Waals surface area contributed by atoms with Crippen LogP contribution in [0.4, 0.5) is 0 Å². The van der Waals surface area contributed by atoms with Crippen molar-refractivity contribution in [3.8, 4) is 16.8 Å². The molecular formula is C26H23N3OS2. The van der Waals surface area contributed by atoms with Crippen molar-refractivity contribution in [2.75, 3.05) is 18.6 Å². The fourth-order valence-electron chi connectivity index (χ4n) is 3.98. The molecule has 4 nitrogen and oxygen atoms in total. The first-order valence-electron chi connectivity index (χ1n) is 10.6. The molecule has 1 amide bonds. The highest BCUT2D eigenvalue weighted by molar-refractivity contribution is 7.98. The Morgan fingerprint density at radius 1 is 1.06 bits per heavy atom. The van der Waals surface area contributed by atoms with Crippen molar-refractivity contribution >= 4 is 49.2 Å². The van der Waals surface area contributed by atoms with Gasteiger partial charge in [0.15, 0.2) is 0 Å². The van der Waals surface area contributed by atoms with E-state index in [1.165, 1.54) is 25.7 Å². The summed E-state index contributed by atoms with van der Waals surface area (Å²) in [5.74, 6) is 0.936. The summed E-state index contributed by atoms with van der Waals surface area (Å²) in [6.45, 7) is 0.666. The lowest BCUT2D eigenvalue weighted by atomic mass is 10.0. The number of nitrogens with one attached hydrogen (secondary N) is 1. The number of benzene rings is 3. The second-order valence-corrected chi connectivity index (χ2v) is 9.62. The Kier molecular flexibility index (Phi) is 5.97. The number of carbonyl (C=O) groups is 1. The molecule has 0 aliphatic heterocycles. The summed E-state index contributed by atoms with van der Waals surface area (Å²) >= 11 is 3.61. The van der Waals surface area contributed by atoms with E-state index in [1.54, 1.807) is 24.3 Å². The normalized spacial score (nSPS) is 11.3. The quantitative estimate of drug-likeness (QED) is 0.288. The van der Waals surface area contributed by atoms with E-state index in [0.29, 0.717) is 12.2 Å². The van der Waals surface area contributed by atoms with E-state index in [1.807, 2.05) is 28.0 Å². The van der Waals surface area contributed by atoms with Crippen LogP contribution in [-0.4, -0.2) is 34.0 Å². The predicted molar refractivity (Wildman–Crippen MR) is 137 cm³/mol. The largest absolute Gasteiger partial charge is 0.351 e. The summed E-state index contributed by atoms with van der Waals surface area (Å²) in [4.78, 5) is 17.0. The molecule has 0 atom stereocenters. The zero-order valence-electron chi connectivity index (χ0n) is 17.7. The average Bonchev–Trinajstić information content (AvgIpc) is 3.47. The number of aromatic nitrogens is 2. The molecule has 0 aliphatic carbocycles. The number of rotatable bonds is 7. The Morgan fingerprint density at radius 3 is 2.81 bits per heavy atom. The van der Waals surface area contributed by atoms with E-state index >= 15 is 0 Å². The van der Waals surface area contributed by atoms with Crippen molar-refractivity contribution < 1.29 is 4.79 Å². The van der Waals surface area contributed by atoms with Crippen LogP contribution in [-0.2, 0) is 0 Å². The summed E-state index contributed by atoms with van der Waals surface area (Å²) in [5, 5.41) is 5.58. The number of imidazole rings is 1. The van der Waals surface area contributed by atoms with Gasteiger partial charge in [-0.05, 0) is 47.8 Å². The molecule has 1 N–H and O–H groups in total. The first-order chi connectivity index (χ1) is 15.8. The highest BCUT2D eigenvalue weighted by atomic mass is 32.2. The first kappa shape index (κ1) is 20.8. The maximum Gasteiger partial charge on any atom is 0.269 e. The van der Waals surface area contributed by atoms with Gasteiger partial charge in [0.25, 0.3) is 5.91 Å². The van der Waals surface area contributed by atoms with Crippen LogP contribution in [0.1, 0.15) is 16.9 Å². The number of amides is 1. The molecule has 0 spiro atoms. The number of thiophene rings is 1. The van der Waals surface area contributed by atoms with Crippen molar-refractivity contribution in [1.82, 2.24) is 14.9 Å². The molecule has 160 valence electrons. The number of nitrogens with zero attached hydrogens (tertiary/aromatic N) is 2. The molecule has 0 saturated carbocycles. The van der Waals surface area contributed by atoms with Gasteiger partial charge < -0.3 is 5.32 Å². The summed E-state index contributed by atoms with van der Waals surface area (Å²) < 4.78 is 4.43. The number of fused-ring (bicyclic) bond motifs is 3. The van der Waals surface area contributed by atoms with Gasteiger partial charge in [0.1, 0.15) is 5.69 Å². The van der Waals surface area contributed by atoms with E-state index in [-0.39, 0.29) is 5.91 Å². The van der Waals surface area contributed by atoms with Gasteiger partial charge in [0.05, 0.1) is 12.5 Å². The first-order valence-corrected chi connectivity index (χ1v) is 12.8. The Bertz CT molecular complexity index is 1400. The molecule has 32 heavy (non-hydrogen) atoms. The van der Waals surface area contributed by atoms with Gasteiger partial charge in [0.2, 0.25) is 0 Å². The molecule has 3 aromatic carbocycles. The van der Waals surface area contributed by atoms with Gasteiger partial charge in [-0.15, -0.1) is 11.3 Å². The second kappa shape index (κ2) is 9.18. The monoisotopic (exact) mass is 457 g/mol. The molecule has 5 aromatic rings. The van der Waals surface area contributed by atoms with E-state index in [2.05, 4.69) is 71.2 Å². The fourth-order valence-corrected chi connectivity index (χ4v) is 5.65. The van der Waals surface area contributed by atoms with E-state index in [0.717, 1.165) is 23.4 Å². The molecule has 0 saturated heterocycles. The fraction of sp³-hybridized carbons (Fsp3) is 0.154. The summed E-state index contributed by atoms with van der Waals surface area (Å²) in [6, 6.07) is 23.3. The lowest BCUT2D eigenvalue weighted by molar-refractivity contribution is 0.0947. The SMILES string of the molecule is CSCCCNC(=O)c1cncn1-c1cccc(-c2cccc3c2sc2ccccc23)c1. The van der Waals surface area contributed by atoms with Gasteiger partial charge in [-0.2, -0.15) is 11.8 Å². The third-order valence-electron chi connectivity index (χ3n) is 5.52. The van der Waals surface area contributed by atoms with Gasteiger partial charge in [-0.25, -0.2) is 4.98 Å². The Labute approximate surface area is 195 Å². The van der Waals surface area contributed by atoms with Crippen LogP contribution in [0.15, 0.2) is 79.3 Å². The molecule has 0 aliphatic rings. The lowest BCUT2D eigenvalue weighted by Gasteiger charge is -2.11. The van der Waals surface area contributed by atoms with Crippen molar-refractivity contribution in [3.05, 3.63) is 84.9 Å². The summed E-state index contributed by atoms with van der Waals surface area (Å²) in [5.41, 5.74) is 3.80. The number of hydrogen-bond donors (Lipinski definition) is 1. The van der Waals surface area contributed by atoms with Crippen LogP contribution in [0.3, 0.4) is 0 Å². The molecule has 0 fully saturated rings. The highest BCUT2D eigenvalue weighted by Crippen LogP contribution is 2.40. The Hall–Kier alpha value is -3.09. The minimum atomic E-state index is -0.0967. The van der Waals surface area contributed by atoms with Crippen LogP contribution in [0.2, 0.25) is 0 Å². The average molecular weight is 458 g/mol. The smallest absolute Gasteiger partial charge is 0.269 e. The van der Waals surface area contributed by atoms with Gasteiger partial charge in [-0.3, -0.25) is 9.36 Å². The predicted octanol–water partition coefficient (Wildman–Crippen LogP) is 6.39. The van der Waals surface area contributed by atoms with Gasteiger partial charge in [-0.1, -0.05) is 48.5 Å². The van der Waals surface area contributed by atoms with E-state index < -0.39 is 0 Å². The third-order valence-corrected chi connectivity index (χ3v) is 7.44. The van der Waals surface area contributed by atoms with Crippen molar-refractivity contribution in [2.45, 2.75) is 6.42 Å². The number of hydrogen-bond acceptors (Lipinski definition) is 4. The summed E-state index contributed by atoms with van der Waals surface area (Å²) in [6.07, 6.45) is 6.36. The molecular weight excluding hydrogens is 434 g/mol. The van der Waals surface area contributed by atoms with Crippen LogP contribution in [0.25, 0.3) is 37.0 Å². The van der Waals surface area contributed by atoms with Gasteiger partial charge in [0, 0.05) is 32.4 Å². The van der Waals surface area contributed by atoms with Crippen LogP contribution in [0, 0.1) is 0 Å². The van der Waals surface area contributed by atoms with Crippen LogP contribution >= 0.6 is 23.1 Å². The van der Waals surface area contributed by atoms with Gasteiger partial charge >= 0.3 is 0 Å². The summed E-state index contributed by atoms with van der Waals surface area (Å²) in [7, 11) is 0. The molecule has 2 aromatic heterocycles. The van der Waals surface area contributed by atoms with E-state index in [9.17, 15) is 4.79 Å². The van der Waals surface area contributed by atoms with Crippen molar-refractivity contribution in [2.24, 2.45) is 0 Å². The Balaban J connectivity index is 1.51. The molecule has 6 heteroatoms. The zero-order valence-corrected chi connectivity index (χ0v) is 19.4. The molecule has 0 bridgehead atoms. The molecule has 2 heterocycles. The zero-order chi connectivity index (χ0) is 21.9. The molecule has 0 radical (unpaired) electrons. The van der Waals surface area contributed by atoms with Crippen molar-refractivity contribution in [1.29, 1.82) is 0 Å². The van der Waals surface area contributed by atoms with Crippen molar-refractivity contribution in [3.63, 3.8) is 0 Å². The minimum absolute atomic E-state index is 0.0967. The standard InChI is InChI=1S/C26H23N3OS2/c1-31-14-6-13-28-26(30)23-16-27-17-29(23)19-8-4-7-18(15-19)20-10-5-11-22-21-9-2-3-12-24(21)32-25(20)22/h2-5,7-12,15-17H,6,13-14H2,1H3,(H,28,30).